The van der Waals surface area contributed by atoms with E-state index >= 15 is 0 Å². The van der Waals surface area contributed by atoms with Gasteiger partial charge in [-0.2, -0.15) is 0 Å². The fourth-order valence-electron chi connectivity index (χ4n) is 3.96. The molecule has 1 aliphatic carbocycles. The standard InChI is InChI=1S/C25H28NO2/c1-18(2)26(19(3)4)24(27)22-16-11-17-23(22)25(28,20-12-7-5-8-13-20)21-14-9-6-10-15-21/h5-19,28H,1-4H3. The van der Waals surface area contributed by atoms with E-state index in [0.29, 0.717) is 11.8 Å². The monoisotopic (exact) mass is 374 g/mol. The van der Waals surface area contributed by atoms with Gasteiger partial charge in [-0.05, 0) is 58.1 Å². The van der Waals surface area contributed by atoms with Crippen LogP contribution in [-0.4, -0.2) is 28.0 Å². The van der Waals surface area contributed by atoms with Crippen LogP contribution in [0.25, 0.3) is 0 Å². The Hall–Kier alpha value is -2.13. The van der Waals surface area contributed by atoms with Crippen LogP contribution in [0.5, 0.6) is 0 Å². The molecule has 0 saturated heterocycles. The van der Waals surface area contributed by atoms with Gasteiger partial charge in [0, 0.05) is 18.0 Å². The molecular formula is C25H28NO2. The van der Waals surface area contributed by atoms with E-state index in [0.717, 1.165) is 11.1 Å². The molecule has 0 atom stereocenters. The molecule has 3 nitrogen and oxygen atoms in total. The summed E-state index contributed by atoms with van der Waals surface area (Å²) >= 11 is 0. The minimum absolute atomic E-state index is 0.0599. The zero-order valence-electron chi connectivity index (χ0n) is 17.0. The van der Waals surface area contributed by atoms with Gasteiger partial charge in [0.05, 0.1) is 5.92 Å². The fraction of sp³-hybridized carbons (Fsp3) is 0.280. The van der Waals surface area contributed by atoms with Gasteiger partial charge in [-0.25, -0.2) is 0 Å². The maximum Gasteiger partial charge on any atom is 0.231 e. The third kappa shape index (κ3) is 3.73. The molecule has 1 amide bonds. The zero-order chi connectivity index (χ0) is 20.3. The van der Waals surface area contributed by atoms with Crippen molar-refractivity contribution in [2.45, 2.75) is 45.4 Å². The van der Waals surface area contributed by atoms with E-state index in [-0.39, 0.29) is 18.0 Å². The largest absolute Gasteiger partial charge is 0.380 e. The number of carbonyl (C=O) groups excluding carboxylic acids is 1. The summed E-state index contributed by atoms with van der Waals surface area (Å²) in [7, 11) is 0. The Balaban J connectivity index is 2.06. The average Bonchev–Trinajstić information content (AvgIpc) is 3.18. The zero-order valence-corrected chi connectivity index (χ0v) is 17.0. The van der Waals surface area contributed by atoms with Gasteiger partial charge < -0.3 is 10.0 Å². The average molecular weight is 375 g/mol. The maximum atomic E-state index is 13.4. The molecule has 0 spiro atoms. The number of amides is 1. The summed E-state index contributed by atoms with van der Waals surface area (Å²) in [6.07, 6.45) is 5.51. The molecule has 2 aromatic carbocycles. The molecule has 2 aromatic rings. The minimum atomic E-state index is -1.41. The topological polar surface area (TPSA) is 40.5 Å². The van der Waals surface area contributed by atoms with Gasteiger partial charge in [-0.3, -0.25) is 4.79 Å². The van der Waals surface area contributed by atoms with Crippen LogP contribution < -0.4 is 0 Å². The number of hydrogen-bond donors (Lipinski definition) is 1. The highest BCUT2D eigenvalue weighted by Crippen LogP contribution is 2.50. The van der Waals surface area contributed by atoms with Crippen LogP contribution in [0, 0.1) is 31.1 Å². The van der Waals surface area contributed by atoms with Crippen molar-refractivity contribution in [3.05, 3.63) is 103 Å². The quantitative estimate of drug-likeness (QED) is 0.817. The number of hydrogen-bond acceptors (Lipinski definition) is 2. The molecule has 1 fully saturated rings. The second-order valence-electron chi connectivity index (χ2n) is 7.70. The summed E-state index contributed by atoms with van der Waals surface area (Å²) in [6, 6.07) is 19.2. The molecule has 0 unspecified atom stereocenters. The van der Waals surface area contributed by atoms with E-state index in [1.807, 2.05) is 113 Å². The SMILES string of the molecule is CC(C)N(C(=O)[C]1[CH][CH][CH][C]1C(O)(c1ccccc1)c1ccccc1)C(C)C. The molecule has 3 heteroatoms. The second-order valence-corrected chi connectivity index (χ2v) is 7.70. The highest BCUT2D eigenvalue weighted by atomic mass is 16.3. The highest BCUT2D eigenvalue weighted by molar-refractivity contribution is 5.98. The molecule has 28 heavy (non-hydrogen) atoms. The predicted molar refractivity (Wildman–Crippen MR) is 112 cm³/mol. The molecule has 145 valence electrons. The Labute approximate surface area is 169 Å². The molecule has 3 rings (SSSR count). The summed E-state index contributed by atoms with van der Waals surface area (Å²) in [5.41, 5.74) is 0.0700. The summed E-state index contributed by atoms with van der Waals surface area (Å²) in [4.78, 5) is 15.3. The van der Waals surface area contributed by atoms with Crippen LogP contribution in [-0.2, 0) is 10.4 Å². The van der Waals surface area contributed by atoms with E-state index in [2.05, 4.69) is 0 Å². The van der Waals surface area contributed by atoms with E-state index < -0.39 is 5.60 Å². The summed E-state index contributed by atoms with van der Waals surface area (Å²) in [6.45, 7) is 8.06. The van der Waals surface area contributed by atoms with E-state index in [4.69, 9.17) is 0 Å². The predicted octanol–water partition coefficient (Wildman–Crippen LogP) is 4.34. The lowest BCUT2D eigenvalue weighted by molar-refractivity contribution is -0.132. The molecule has 1 aliphatic rings. The van der Waals surface area contributed by atoms with Crippen molar-refractivity contribution in [2.75, 3.05) is 0 Å². The minimum Gasteiger partial charge on any atom is -0.380 e. The smallest absolute Gasteiger partial charge is 0.231 e. The van der Waals surface area contributed by atoms with Gasteiger partial charge in [0.1, 0.15) is 5.60 Å². The van der Waals surface area contributed by atoms with Crippen LogP contribution in [0.15, 0.2) is 60.7 Å². The Morgan fingerprint density at radius 2 is 1.29 bits per heavy atom. The number of rotatable bonds is 6. The lowest BCUT2D eigenvalue weighted by atomic mass is 9.71. The first kappa shape index (κ1) is 20.6. The van der Waals surface area contributed by atoms with Crippen LogP contribution in [0.4, 0.5) is 0 Å². The molecule has 1 saturated carbocycles. The first-order chi connectivity index (χ1) is 13.4. The lowest BCUT2D eigenvalue weighted by Crippen LogP contribution is -2.48. The van der Waals surface area contributed by atoms with Crippen LogP contribution in [0.3, 0.4) is 0 Å². The van der Waals surface area contributed by atoms with Gasteiger partial charge in [-0.1, -0.05) is 60.7 Å². The van der Waals surface area contributed by atoms with Crippen molar-refractivity contribution in [3.63, 3.8) is 0 Å². The van der Waals surface area contributed by atoms with E-state index in [1.165, 1.54) is 0 Å². The van der Waals surface area contributed by atoms with Gasteiger partial charge >= 0.3 is 0 Å². The Morgan fingerprint density at radius 1 is 0.821 bits per heavy atom. The van der Waals surface area contributed by atoms with Crippen molar-refractivity contribution in [3.8, 4) is 0 Å². The van der Waals surface area contributed by atoms with Crippen LogP contribution in [0.1, 0.15) is 38.8 Å². The molecule has 0 aliphatic heterocycles. The Bertz CT molecular complexity index is 722. The van der Waals surface area contributed by atoms with Crippen molar-refractivity contribution >= 4 is 5.91 Å². The summed E-state index contributed by atoms with van der Waals surface area (Å²) in [5.74, 6) is 1.09. The molecule has 0 heterocycles. The number of aliphatic hydroxyl groups is 1. The third-order valence-electron chi connectivity index (χ3n) is 5.17. The van der Waals surface area contributed by atoms with Crippen LogP contribution in [0.2, 0.25) is 0 Å². The lowest BCUT2D eigenvalue weighted by Gasteiger charge is -2.40. The Morgan fingerprint density at radius 3 is 1.71 bits per heavy atom. The van der Waals surface area contributed by atoms with Gasteiger partial charge in [-0.15, -0.1) is 0 Å². The normalized spacial score (nSPS) is 16.1. The third-order valence-corrected chi connectivity index (χ3v) is 5.17. The molecule has 1 N–H and O–H groups in total. The number of benzene rings is 2. The van der Waals surface area contributed by atoms with E-state index in [1.54, 1.807) is 0 Å². The highest BCUT2D eigenvalue weighted by Gasteiger charge is 2.51. The van der Waals surface area contributed by atoms with Crippen molar-refractivity contribution in [1.82, 2.24) is 4.90 Å². The van der Waals surface area contributed by atoms with Gasteiger partial charge in [0.15, 0.2) is 0 Å². The number of carbonyl (C=O) groups is 1. The van der Waals surface area contributed by atoms with Crippen molar-refractivity contribution < 1.29 is 9.90 Å². The van der Waals surface area contributed by atoms with Gasteiger partial charge in [0.25, 0.3) is 0 Å². The molecule has 5 radical (unpaired) electrons. The van der Waals surface area contributed by atoms with E-state index in [9.17, 15) is 9.90 Å². The molecular weight excluding hydrogens is 346 g/mol. The van der Waals surface area contributed by atoms with Gasteiger partial charge in [0.2, 0.25) is 5.91 Å². The molecule has 0 bridgehead atoms. The Kier molecular flexibility index (Phi) is 6.24. The fourth-order valence-corrected chi connectivity index (χ4v) is 3.96. The summed E-state index contributed by atoms with van der Waals surface area (Å²) in [5, 5.41) is 12.0. The number of nitrogens with zero attached hydrogens (tertiary/aromatic N) is 1. The first-order valence-electron chi connectivity index (χ1n) is 9.79. The second kappa shape index (κ2) is 8.48. The van der Waals surface area contributed by atoms with Crippen molar-refractivity contribution in [1.29, 1.82) is 0 Å². The summed E-state index contributed by atoms with van der Waals surface area (Å²) < 4.78 is 0. The first-order valence-corrected chi connectivity index (χ1v) is 9.79. The molecule has 0 aromatic heterocycles. The van der Waals surface area contributed by atoms with Crippen molar-refractivity contribution in [2.24, 2.45) is 0 Å². The maximum absolute atomic E-state index is 13.4. The van der Waals surface area contributed by atoms with Crippen LogP contribution >= 0.6 is 0 Å².